The van der Waals surface area contributed by atoms with Crippen LogP contribution in [0.5, 0.6) is 0 Å². The van der Waals surface area contributed by atoms with Gasteiger partial charge in [-0.3, -0.25) is 9.59 Å². The molecule has 0 aromatic rings. The summed E-state index contributed by atoms with van der Waals surface area (Å²) in [6, 6.07) is 0. The van der Waals surface area contributed by atoms with Crippen LogP contribution in [0.4, 0.5) is 0 Å². The number of likely N-dealkylation sites (tertiary alicyclic amines) is 1. The van der Waals surface area contributed by atoms with E-state index in [2.05, 4.69) is 20.8 Å². The fraction of sp³-hybridized carbons (Fsp3) is 0.857. The molecule has 1 fully saturated rings. The first-order valence-electron chi connectivity index (χ1n) is 6.71. The van der Waals surface area contributed by atoms with Crippen LogP contribution in [0.25, 0.3) is 0 Å². The van der Waals surface area contributed by atoms with Crippen LogP contribution in [0.1, 0.15) is 40.5 Å². The summed E-state index contributed by atoms with van der Waals surface area (Å²) >= 11 is 0. The molecule has 0 aromatic carbocycles. The predicted molar refractivity (Wildman–Crippen MR) is 72.1 cm³/mol. The van der Waals surface area contributed by atoms with Gasteiger partial charge in [-0.15, -0.1) is 0 Å². The number of carbonyl (C=O) groups excluding carboxylic acids is 2. The molecule has 0 atom stereocenters. The van der Waals surface area contributed by atoms with Crippen molar-refractivity contribution in [3.63, 3.8) is 0 Å². The molecule has 0 spiro atoms. The van der Waals surface area contributed by atoms with Crippen molar-refractivity contribution in [3.8, 4) is 0 Å². The Bertz CT molecular complexity index is 312. The van der Waals surface area contributed by atoms with Gasteiger partial charge in [0.15, 0.2) is 0 Å². The van der Waals surface area contributed by atoms with Gasteiger partial charge < -0.3 is 9.80 Å². The van der Waals surface area contributed by atoms with Crippen LogP contribution in [0, 0.1) is 11.3 Å². The molecule has 1 heterocycles. The van der Waals surface area contributed by atoms with Crippen molar-refractivity contribution < 1.29 is 9.59 Å². The number of piperidine rings is 1. The fourth-order valence-electron chi connectivity index (χ4n) is 2.54. The summed E-state index contributed by atoms with van der Waals surface area (Å²) in [6.45, 7) is 10.2. The molecule has 2 amide bonds. The molecule has 1 aliphatic heterocycles. The highest BCUT2D eigenvalue weighted by atomic mass is 16.2. The molecule has 1 saturated heterocycles. The maximum atomic E-state index is 12.3. The molecule has 0 aliphatic carbocycles. The second-order valence-electron chi connectivity index (χ2n) is 6.54. The van der Waals surface area contributed by atoms with Crippen molar-refractivity contribution in [2.24, 2.45) is 11.3 Å². The maximum Gasteiger partial charge on any atom is 0.225 e. The highest BCUT2D eigenvalue weighted by molar-refractivity contribution is 5.79. The molecule has 0 bridgehead atoms. The Hall–Kier alpha value is -1.06. The molecule has 18 heavy (non-hydrogen) atoms. The van der Waals surface area contributed by atoms with Crippen LogP contribution < -0.4 is 0 Å². The lowest BCUT2D eigenvalue weighted by Gasteiger charge is -2.34. The highest BCUT2D eigenvalue weighted by Crippen LogP contribution is 2.21. The Balaban J connectivity index is 2.47. The van der Waals surface area contributed by atoms with E-state index in [1.165, 1.54) is 0 Å². The van der Waals surface area contributed by atoms with Gasteiger partial charge in [0.25, 0.3) is 0 Å². The first kappa shape index (κ1) is 15.0. The number of carbonyl (C=O) groups is 2. The molecule has 104 valence electrons. The summed E-state index contributed by atoms with van der Waals surface area (Å²) in [7, 11) is 1.88. The van der Waals surface area contributed by atoms with Crippen molar-refractivity contribution >= 4 is 11.8 Å². The minimum Gasteiger partial charge on any atom is -0.345 e. The van der Waals surface area contributed by atoms with E-state index in [4.69, 9.17) is 0 Å². The van der Waals surface area contributed by atoms with Crippen LogP contribution in [0.3, 0.4) is 0 Å². The van der Waals surface area contributed by atoms with Crippen molar-refractivity contribution in [1.82, 2.24) is 9.80 Å². The minimum atomic E-state index is 0.0907. The van der Waals surface area contributed by atoms with Crippen molar-refractivity contribution in [2.75, 3.05) is 26.7 Å². The van der Waals surface area contributed by atoms with Gasteiger partial charge in [-0.05, 0) is 18.3 Å². The topological polar surface area (TPSA) is 40.6 Å². The van der Waals surface area contributed by atoms with Crippen LogP contribution in [0.15, 0.2) is 0 Å². The van der Waals surface area contributed by atoms with E-state index in [1.807, 2.05) is 16.8 Å². The number of rotatable bonds is 2. The summed E-state index contributed by atoms with van der Waals surface area (Å²) in [5.41, 5.74) is 0.129. The Morgan fingerprint density at radius 3 is 2.11 bits per heavy atom. The van der Waals surface area contributed by atoms with E-state index in [0.29, 0.717) is 0 Å². The van der Waals surface area contributed by atoms with Gasteiger partial charge in [-0.1, -0.05) is 20.8 Å². The normalized spacial score (nSPS) is 17.7. The summed E-state index contributed by atoms with van der Waals surface area (Å²) in [6.07, 6.45) is 1.60. The Kier molecular flexibility index (Phi) is 4.77. The van der Waals surface area contributed by atoms with Crippen LogP contribution in [-0.4, -0.2) is 48.3 Å². The van der Waals surface area contributed by atoms with E-state index >= 15 is 0 Å². The molecular formula is C14H26N2O2. The van der Waals surface area contributed by atoms with Gasteiger partial charge >= 0.3 is 0 Å². The Labute approximate surface area is 110 Å². The monoisotopic (exact) mass is 254 g/mol. The zero-order chi connectivity index (χ0) is 13.9. The lowest BCUT2D eigenvalue weighted by molar-refractivity contribution is -0.139. The van der Waals surface area contributed by atoms with E-state index in [1.54, 1.807) is 6.92 Å². The Morgan fingerprint density at radius 2 is 1.72 bits per heavy atom. The molecule has 1 aliphatic rings. The van der Waals surface area contributed by atoms with Crippen LogP contribution in [0.2, 0.25) is 0 Å². The quantitative estimate of drug-likeness (QED) is 0.753. The third-order valence-corrected chi connectivity index (χ3v) is 3.38. The molecule has 0 saturated carbocycles. The number of hydrogen-bond donors (Lipinski definition) is 0. The zero-order valence-electron chi connectivity index (χ0n) is 12.3. The number of hydrogen-bond acceptors (Lipinski definition) is 2. The molecule has 0 unspecified atom stereocenters. The van der Waals surface area contributed by atoms with Gasteiger partial charge in [0.2, 0.25) is 11.8 Å². The van der Waals surface area contributed by atoms with Gasteiger partial charge in [0, 0.05) is 39.5 Å². The van der Waals surface area contributed by atoms with E-state index in [9.17, 15) is 9.59 Å². The number of nitrogens with zero attached hydrogens (tertiary/aromatic N) is 2. The van der Waals surface area contributed by atoms with E-state index < -0.39 is 0 Å². The average molecular weight is 254 g/mol. The number of amides is 2. The minimum absolute atomic E-state index is 0.0907. The average Bonchev–Trinajstić information content (AvgIpc) is 2.26. The standard InChI is InChI=1S/C14H26N2O2/c1-11(17)16-8-6-12(7-9-16)13(18)15(5)10-14(2,3)4/h12H,6-10H2,1-5H3. The summed E-state index contributed by atoms with van der Waals surface area (Å²) in [5.74, 6) is 0.435. The van der Waals surface area contributed by atoms with E-state index in [0.717, 1.165) is 32.5 Å². The second kappa shape index (κ2) is 5.72. The SMILES string of the molecule is CC(=O)N1CCC(C(=O)N(C)CC(C)(C)C)CC1. The molecule has 4 heteroatoms. The largest absolute Gasteiger partial charge is 0.345 e. The molecule has 1 rings (SSSR count). The third-order valence-electron chi connectivity index (χ3n) is 3.38. The second-order valence-corrected chi connectivity index (χ2v) is 6.54. The molecule has 0 aromatic heterocycles. The fourth-order valence-corrected chi connectivity index (χ4v) is 2.54. The molecule has 0 radical (unpaired) electrons. The Morgan fingerprint density at radius 1 is 1.22 bits per heavy atom. The van der Waals surface area contributed by atoms with Gasteiger partial charge in [-0.2, -0.15) is 0 Å². The smallest absolute Gasteiger partial charge is 0.225 e. The summed E-state index contributed by atoms with van der Waals surface area (Å²) in [5, 5.41) is 0. The van der Waals surface area contributed by atoms with Gasteiger partial charge in [0.1, 0.15) is 0 Å². The summed E-state index contributed by atoms with van der Waals surface area (Å²) in [4.78, 5) is 27.2. The lowest BCUT2D eigenvalue weighted by atomic mass is 9.92. The van der Waals surface area contributed by atoms with Crippen LogP contribution >= 0.6 is 0 Å². The van der Waals surface area contributed by atoms with Crippen LogP contribution in [-0.2, 0) is 9.59 Å². The maximum absolute atomic E-state index is 12.3. The molecular weight excluding hydrogens is 228 g/mol. The molecule has 4 nitrogen and oxygen atoms in total. The predicted octanol–water partition coefficient (Wildman–Crippen LogP) is 1.75. The zero-order valence-corrected chi connectivity index (χ0v) is 12.3. The summed E-state index contributed by atoms with van der Waals surface area (Å²) < 4.78 is 0. The molecule has 0 N–H and O–H groups in total. The first-order chi connectivity index (χ1) is 8.20. The van der Waals surface area contributed by atoms with Gasteiger partial charge in [-0.25, -0.2) is 0 Å². The van der Waals surface area contributed by atoms with Crippen molar-refractivity contribution in [3.05, 3.63) is 0 Å². The van der Waals surface area contributed by atoms with Gasteiger partial charge in [0.05, 0.1) is 0 Å². The lowest BCUT2D eigenvalue weighted by Crippen LogP contribution is -2.44. The highest BCUT2D eigenvalue weighted by Gasteiger charge is 2.29. The van der Waals surface area contributed by atoms with Crippen molar-refractivity contribution in [2.45, 2.75) is 40.5 Å². The third kappa shape index (κ3) is 4.31. The van der Waals surface area contributed by atoms with Crippen molar-refractivity contribution in [1.29, 1.82) is 0 Å². The first-order valence-corrected chi connectivity index (χ1v) is 6.71. The van der Waals surface area contributed by atoms with E-state index in [-0.39, 0.29) is 23.1 Å².